The lowest BCUT2D eigenvalue weighted by atomic mass is 10.2. The zero-order valence-electron chi connectivity index (χ0n) is 16.6. The summed E-state index contributed by atoms with van der Waals surface area (Å²) in [5.41, 5.74) is 2.11. The number of benzene rings is 2. The molecule has 1 saturated heterocycles. The second-order valence-corrected chi connectivity index (χ2v) is 7.05. The number of quaternary nitrogens is 1. The van der Waals surface area contributed by atoms with Crippen LogP contribution in [0.25, 0.3) is 0 Å². The highest BCUT2D eigenvalue weighted by molar-refractivity contribution is 5.76. The van der Waals surface area contributed by atoms with E-state index in [1.165, 1.54) is 4.90 Å². The third-order valence-corrected chi connectivity index (χ3v) is 4.91. The number of amides is 1. The van der Waals surface area contributed by atoms with Crippen molar-refractivity contribution in [3.05, 3.63) is 59.7 Å². The second-order valence-electron chi connectivity index (χ2n) is 7.05. The summed E-state index contributed by atoms with van der Waals surface area (Å²) in [6, 6.07) is 15.8. The maximum Gasteiger partial charge on any atom is 0.277 e. The van der Waals surface area contributed by atoms with Crippen molar-refractivity contribution in [1.29, 1.82) is 0 Å². The standard InChI is InChI=1S/C22H28N2O4/c1-23(22(25)16-24-10-12-27-13-11-24)15-19-8-9-20(21(14-19)26-2)28-17-18-6-4-3-5-7-18/h3-9,14H,10-13,15-17H2,1-2H3/p+1. The van der Waals surface area contributed by atoms with Gasteiger partial charge in [-0.05, 0) is 23.3 Å². The lowest BCUT2D eigenvalue weighted by molar-refractivity contribution is -0.900. The Morgan fingerprint density at radius 3 is 2.54 bits per heavy atom. The molecule has 6 heteroatoms. The number of carbonyl (C=O) groups is 1. The van der Waals surface area contributed by atoms with Gasteiger partial charge in [-0.3, -0.25) is 4.79 Å². The molecule has 1 heterocycles. The van der Waals surface area contributed by atoms with Crippen LogP contribution in [0.2, 0.25) is 0 Å². The summed E-state index contributed by atoms with van der Waals surface area (Å²) in [5.74, 6) is 1.51. The van der Waals surface area contributed by atoms with E-state index in [0.29, 0.717) is 31.2 Å². The minimum atomic E-state index is 0.139. The van der Waals surface area contributed by atoms with Gasteiger partial charge in [-0.15, -0.1) is 0 Å². The summed E-state index contributed by atoms with van der Waals surface area (Å²) in [7, 11) is 3.47. The monoisotopic (exact) mass is 385 g/mol. The van der Waals surface area contributed by atoms with Gasteiger partial charge in [0.05, 0.1) is 20.3 Å². The lowest BCUT2D eigenvalue weighted by Crippen LogP contribution is -3.15. The number of nitrogens with one attached hydrogen (secondary N) is 1. The molecule has 1 N–H and O–H groups in total. The van der Waals surface area contributed by atoms with Crippen LogP contribution in [-0.4, -0.2) is 57.8 Å². The Bertz CT molecular complexity index is 760. The quantitative estimate of drug-likeness (QED) is 0.741. The highest BCUT2D eigenvalue weighted by atomic mass is 16.5. The fraction of sp³-hybridized carbons (Fsp3) is 0.409. The third kappa shape index (κ3) is 5.71. The van der Waals surface area contributed by atoms with Crippen molar-refractivity contribution < 1.29 is 23.9 Å². The van der Waals surface area contributed by atoms with Crippen LogP contribution in [0, 0.1) is 0 Å². The molecule has 1 aliphatic heterocycles. The van der Waals surface area contributed by atoms with E-state index in [4.69, 9.17) is 14.2 Å². The van der Waals surface area contributed by atoms with Gasteiger partial charge in [-0.2, -0.15) is 0 Å². The van der Waals surface area contributed by atoms with Crippen LogP contribution in [0.15, 0.2) is 48.5 Å². The predicted molar refractivity (Wildman–Crippen MR) is 107 cm³/mol. The van der Waals surface area contributed by atoms with Crippen molar-refractivity contribution in [2.24, 2.45) is 0 Å². The summed E-state index contributed by atoms with van der Waals surface area (Å²) in [6.45, 7) is 4.77. The van der Waals surface area contributed by atoms with Crippen LogP contribution in [0.5, 0.6) is 11.5 Å². The summed E-state index contributed by atoms with van der Waals surface area (Å²) in [6.07, 6.45) is 0. The molecule has 0 saturated carbocycles. The van der Waals surface area contributed by atoms with E-state index in [1.54, 1.807) is 12.0 Å². The van der Waals surface area contributed by atoms with Gasteiger partial charge in [0, 0.05) is 13.6 Å². The number of morpholine rings is 1. The Balaban J connectivity index is 1.57. The molecular formula is C22H29N2O4+. The van der Waals surface area contributed by atoms with Gasteiger partial charge in [0.25, 0.3) is 5.91 Å². The summed E-state index contributed by atoms with van der Waals surface area (Å²) in [5, 5.41) is 0. The Kier molecular flexibility index (Phi) is 7.28. The van der Waals surface area contributed by atoms with Gasteiger partial charge in [0.1, 0.15) is 19.7 Å². The first kappa shape index (κ1) is 20.2. The van der Waals surface area contributed by atoms with Crippen molar-refractivity contribution in [3.63, 3.8) is 0 Å². The molecule has 2 aromatic carbocycles. The number of carbonyl (C=O) groups excluding carboxylic acids is 1. The average Bonchev–Trinajstić information content (AvgIpc) is 2.74. The van der Waals surface area contributed by atoms with Crippen LogP contribution < -0.4 is 14.4 Å². The van der Waals surface area contributed by atoms with E-state index in [-0.39, 0.29) is 5.91 Å². The molecule has 0 bridgehead atoms. The van der Waals surface area contributed by atoms with Gasteiger partial charge in [-0.25, -0.2) is 0 Å². The molecule has 0 spiro atoms. The maximum atomic E-state index is 12.5. The summed E-state index contributed by atoms with van der Waals surface area (Å²) < 4.78 is 16.7. The van der Waals surface area contributed by atoms with Gasteiger partial charge in [-0.1, -0.05) is 36.4 Å². The van der Waals surface area contributed by atoms with Gasteiger partial charge in [0.2, 0.25) is 0 Å². The number of nitrogens with zero attached hydrogens (tertiary/aromatic N) is 1. The Morgan fingerprint density at radius 1 is 1.07 bits per heavy atom. The van der Waals surface area contributed by atoms with Crippen LogP contribution in [0.4, 0.5) is 0 Å². The van der Waals surface area contributed by atoms with Gasteiger partial charge < -0.3 is 24.0 Å². The first-order chi connectivity index (χ1) is 13.7. The highest BCUT2D eigenvalue weighted by Gasteiger charge is 2.20. The zero-order valence-corrected chi connectivity index (χ0v) is 16.6. The zero-order chi connectivity index (χ0) is 19.8. The van der Waals surface area contributed by atoms with Crippen LogP contribution in [0.3, 0.4) is 0 Å². The first-order valence-electron chi connectivity index (χ1n) is 9.64. The third-order valence-electron chi connectivity index (χ3n) is 4.91. The number of methoxy groups -OCH3 is 1. The van der Waals surface area contributed by atoms with Gasteiger partial charge in [0.15, 0.2) is 18.0 Å². The number of hydrogen-bond donors (Lipinski definition) is 1. The SMILES string of the molecule is COc1cc(CN(C)C(=O)C[NH+]2CCOCC2)ccc1OCc1ccccc1. The van der Waals surface area contributed by atoms with Crippen molar-refractivity contribution >= 4 is 5.91 Å². The molecule has 6 nitrogen and oxygen atoms in total. The molecule has 1 fully saturated rings. The molecular weight excluding hydrogens is 356 g/mol. The predicted octanol–water partition coefficient (Wildman–Crippen LogP) is 1.15. The van der Waals surface area contributed by atoms with Gasteiger partial charge >= 0.3 is 0 Å². The van der Waals surface area contributed by atoms with E-state index >= 15 is 0 Å². The molecule has 0 aromatic heterocycles. The number of likely N-dealkylation sites (N-methyl/N-ethyl adjacent to an activating group) is 1. The van der Waals surface area contributed by atoms with Crippen molar-refractivity contribution in [1.82, 2.24) is 4.90 Å². The Labute approximate surface area is 166 Å². The molecule has 1 amide bonds. The molecule has 0 atom stereocenters. The topological polar surface area (TPSA) is 52.4 Å². The fourth-order valence-electron chi connectivity index (χ4n) is 3.21. The normalized spacial score (nSPS) is 14.5. The number of rotatable bonds is 8. The van der Waals surface area contributed by atoms with Crippen LogP contribution in [-0.2, 0) is 22.7 Å². The van der Waals surface area contributed by atoms with E-state index in [1.807, 2.05) is 55.6 Å². The first-order valence-corrected chi connectivity index (χ1v) is 9.64. The number of ether oxygens (including phenoxy) is 3. The van der Waals surface area contributed by atoms with Crippen LogP contribution >= 0.6 is 0 Å². The Morgan fingerprint density at radius 2 is 1.82 bits per heavy atom. The summed E-state index contributed by atoms with van der Waals surface area (Å²) in [4.78, 5) is 15.6. The minimum Gasteiger partial charge on any atom is -0.493 e. The molecule has 3 rings (SSSR count). The van der Waals surface area contributed by atoms with Crippen molar-refractivity contribution in [3.8, 4) is 11.5 Å². The fourth-order valence-corrected chi connectivity index (χ4v) is 3.21. The van der Waals surface area contributed by atoms with E-state index in [2.05, 4.69) is 0 Å². The average molecular weight is 385 g/mol. The van der Waals surface area contributed by atoms with E-state index < -0.39 is 0 Å². The molecule has 0 aliphatic carbocycles. The van der Waals surface area contributed by atoms with Crippen molar-refractivity contribution in [2.45, 2.75) is 13.2 Å². The van der Waals surface area contributed by atoms with E-state index in [0.717, 1.165) is 37.4 Å². The molecule has 150 valence electrons. The molecule has 0 unspecified atom stereocenters. The lowest BCUT2D eigenvalue weighted by Gasteiger charge is -2.25. The summed E-state index contributed by atoms with van der Waals surface area (Å²) >= 11 is 0. The molecule has 0 radical (unpaired) electrons. The smallest absolute Gasteiger partial charge is 0.277 e. The molecule has 28 heavy (non-hydrogen) atoms. The molecule has 1 aliphatic rings. The van der Waals surface area contributed by atoms with Crippen LogP contribution in [0.1, 0.15) is 11.1 Å². The second kappa shape index (κ2) is 10.1. The minimum absolute atomic E-state index is 0.139. The largest absolute Gasteiger partial charge is 0.493 e. The van der Waals surface area contributed by atoms with Crippen molar-refractivity contribution in [2.75, 3.05) is 47.0 Å². The number of hydrogen-bond acceptors (Lipinski definition) is 4. The highest BCUT2D eigenvalue weighted by Crippen LogP contribution is 2.29. The maximum absolute atomic E-state index is 12.5. The molecule has 2 aromatic rings. The Hall–Kier alpha value is -2.57. The van der Waals surface area contributed by atoms with E-state index in [9.17, 15) is 4.79 Å².